The van der Waals surface area contributed by atoms with Crippen LogP contribution in [0, 0.1) is 0 Å². The van der Waals surface area contributed by atoms with Crippen LogP contribution in [-0.2, 0) is 0 Å². The molecule has 29 heavy (non-hydrogen) atoms. The minimum atomic E-state index is 0.589. The smallest absolute Gasteiger partial charge is 0.173 e. The first-order valence-electron chi connectivity index (χ1n) is 9.39. The van der Waals surface area contributed by atoms with Crippen molar-refractivity contribution in [2.75, 3.05) is 0 Å². The minimum absolute atomic E-state index is 0.589. The highest BCUT2D eigenvalue weighted by Crippen LogP contribution is 2.15. The summed E-state index contributed by atoms with van der Waals surface area (Å²) in [6.07, 6.45) is 5.58. The zero-order chi connectivity index (χ0) is 19.7. The van der Waals surface area contributed by atoms with Gasteiger partial charge in [0.05, 0.1) is 11.2 Å². The van der Waals surface area contributed by atoms with Crippen LogP contribution in [0.25, 0.3) is 17.0 Å². The summed E-state index contributed by atoms with van der Waals surface area (Å²) in [4.78, 5) is 9.43. The van der Waals surface area contributed by atoms with Crippen molar-refractivity contribution in [3.05, 3.63) is 114 Å². The lowest BCUT2D eigenvalue weighted by molar-refractivity contribution is 1.02. The maximum absolute atomic E-state index is 4.73. The van der Waals surface area contributed by atoms with Crippen molar-refractivity contribution in [1.82, 2.24) is 10.4 Å². The quantitative estimate of drug-likeness (QED) is 0.280. The van der Waals surface area contributed by atoms with Gasteiger partial charge in [-0.1, -0.05) is 78.9 Å². The molecule has 0 amide bonds. The molecule has 0 atom stereocenters. The first kappa shape index (κ1) is 18.3. The van der Waals surface area contributed by atoms with Gasteiger partial charge in [-0.3, -0.25) is 5.43 Å². The van der Waals surface area contributed by atoms with Gasteiger partial charge in [0, 0.05) is 11.6 Å². The molecule has 1 heterocycles. The molecule has 3 aromatic carbocycles. The van der Waals surface area contributed by atoms with Gasteiger partial charge in [-0.05, 0) is 35.9 Å². The Morgan fingerprint density at radius 3 is 2.31 bits per heavy atom. The van der Waals surface area contributed by atoms with Crippen LogP contribution >= 0.6 is 0 Å². The topological polar surface area (TPSA) is 49.6 Å². The number of aromatic nitrogens is 1. The largest absolute Gasteiger partial charge is 0.260 e. The average molecular weight is 376 g/mol. The van der Waals surface area contributed by atoms with Crippen LogP contribution in [0.4, 0.5) is 5.69 Å². The molecule has 1 N–H and O–H groups in total. The summed E-state index contributed by atoms with van der Waals surface area (Å²) in [7, 11) is 0. The number of para-hydroxylation sites is 2. The molecule has 0 radical (unpaired) electrons. The van der Waals surface area contributed by atoms with Crippen LogP contribution in [-0.4, -0.2) is 17.0 Å². The molecule has 4 nitrogen and oxygen atoms in total. The van der Waals surface area contributed by atoms with Crippen molar-refractivity contribution in [2.45, 2.75) is 0 Å². The molecular formula is C25H20N4. The number of rotatable bonds is 5. The van der Waals surface area contributed by atoms with E-state index >= 15 is 0 Å². The Labute approximate surface area is 170 Å². The lowest BCUT2D eigenvalue weighted by Crippen LogP contribution is -2.20. The number of fused-ring (bicyclic) bond motifs is 1. The van der Waals surface area contributed by atoms with Gasteiger partial charge in [-0.15, -0.1) is 0 Å². The number of nitrogens with zero attached hydrogens (tertiary/aromatic N) is 3. The first-order chi connectivity index (χ1) is 14.4. The summed E-state index contributed by atoms with van der Waals surface area (Å²) in [6.45, 7) is 0. The van der Waals surface area contributed by atoms with Gasteiger partial charge < -0.3 is 0 Å². The highest BCUT2D eigenvalue weighted by Gasteiger charge is 2.06. The fraction of sp³-hybridized carbons (Fsp3) is 0. The predicted molar refractivity (Wildman–Crippen MR) is 121 cm³/mol. The average Bonchev–Trinajstić information content (AvgIpc) is 2.79. The molecule has 4 heteroatoms. The highest BCUT2D eigenvalue weighted by atomic mass is 15.3. The van der Waals surface area contributed by atoms with E-state index in [-0.39, 0.29) is 0 Å². The molecule has 0 saturated heterocycles. The first-order valence-corrected chi connectivity index (χ1v) is 9.39. The second-order valence-electron chi connectivity index (χ2n) is 6.34. The summed E-state index contributed by atoms with van der Waals surface area (Å²) in [6, 6.07) is 31.9. The highest BCUT2D eigenvalue weighted by molar-refractivity contribution is 6.00. The minimum Gasteiger partial charge on any atom is -0.260 e. The molecular weight excluding hydrogens is 356 g/mol. The molecule has 140 valence electrons. The molecule has 0 aliphatic heterocycles. The van der Waals surface area contributed by atoms with Crippen molar-refractivity contribution in [1.29, 1.82) is 0 Å². The van der Waals surface area contributed by atoms with Crippen LogP contribution in [0.1, 0.15) is 11.3 Å². The lowest BCUT2D eigenvalue weighted by atomic mass is 10.2. The Hall–Kier alpha value is -4.05. The summed E-state index contributed by atoms with van der Waals surface area (Å²) in [5.74, 6) is 0.589. The zero-order valence-electron chi connectivity index (χ0n) is 15.8. The monoisotopic (exact) mass is 376 g/mol. The fourth-order valence-corrected chi connectivity index (χ4v) is 2.83. The number of pyridine rings is 1. The second kappa shape index (κ2) is 9.24. The molecule has 4 aromatic rings. The molecule has 0 fully saturated rings. The Bertz CT molecular complexity index is 1160. The van der Waals surface area contributed by atoms with E-state index in [4.69, 9.17) is 9.98 Å². The standard InChI is InChI=1S/C25H20N4/c1-3-10-20(11-4-1)12-9-19-26-29-25(27-22-14-5-2-6-15-22)24-18-17-21-13-7-8-16-23(21)28-24/h1-19H,(H,27,29)/b12-9+,26-19-. The molecule has 0 aliphatic rings. The third-order valence-corrected chi connectivity index (χ3v) is 4.26. The van der Waals surface area contributed by atoms with Crippen molar-refractivity contribution >= 4 is 34.7 Å². The van der Waals surface area contributed by atoms with Crippen molar-refractivity contribution in [3.8, 4) is 0 Å². The van der Waals surface area contributed by atoms with Gasteiger partial charge in [-0.2, -0.15) is 5.10 Å². The molecule has 0 aliphatic carbocycles. The number of nitrogens with one attached hydrogen (secondary N) is 1. The van der Waals surface area contributed by atoms with Crippen molar-refractivity contribution in [2.24, 2.45) is 10.1 Å². The second-order valence-corrected chi connectivity index (χ2v) is 6.34. The van der Waals surface area contributed by atoms with Crippen LogP contribution in [0.5, 0.6) is 0 Å². The fourth-order valence-electron chi connectivity index (χ4n) is 2.83. The van der Waals surface area contributed by atoms with Gasteiger partial charge in [0.2, 0.25) is 0 Å². The maximum Gasteiger partial charge on any atom is 0.173 e. The number of benzene rings is 3. The zero-order valence-corrected chi connectivity index (χ0v) is 15.8. The molecule has 1 aromatic heterocycles. The number of allylic oxidation sites excluding steroid dienone is 1. The number of hydrogen-bond acceptors (Lipinski definition) is 3. The molecule has 4 rings (SSSR count). The Morgan fingerprint density at radius 2 is 1.48 bits per heavy atom. The van der Waals surface area contributed by atoms with Crippen LogP contribution in [0.3, 0.4) is 0 Å². The van der Waals surface area contributed by atoms with Crippen LogP contribution < -0.4 is 5.43 Å². The summed E-state index contributed by atoms with van der Waals surface area (Å²) in [5.41, 5.74) is 6.64. The Morgan fingerprint density at radius 1 is 0.759 bits per heavy atom. The predicted octanol–water partition coefficient (Wildman–Crippen LogP) is 5.60. The van der Waals surface area contributed by atoms with E-state index in [1.165, 1.54) is 0 Å². The van der Waals surface area contributed by atoms with Crippen LogP contribution in [0.15, 0.2) is 113 Å². The van der Waals surface area contributed by atoms with Crippen molar-refractivity contribution in [3.63, 3.8) is 0 Å². The van der Waals surface area contributed by atoms with Crippen molar-refractivity contribution < 1.29 is 0 Å². The number of amidine groups is 1. The lowest BCUT2D eigenvalue weighted by Gasteiger charge is -2.07. The SMILES string of the molecule is C(/C=C/c1ccccc1)=N/NC(=Nc1ccccc1)c1ccc2ccccc2n1. The summed E-state index contributed by atoms with van der Waals surface area (Å²) < 4.78 is 0. The van der Waals surface area contributed by atoms with Gasteiger partial charge in [0.15, 0.2) is 5.84 Å². The number of hydrazone groups is 1. The van der Waals surface area contributed by atoms with E-state index < -0.39 is 0 Å². The van der Waals surface area contributed by atoms with Gasteiger partial charge >= 0.3 is 0 Å². The van der Waals surface area contributed by atoms with E-state index in [9.17, 15) is 0 Å². The maximum atomic E-state index is 4.73. The Kier molecular flexibility index (Phi) is 5.84. The van der Waals surface area contributed by atoms with E-state index in [2.05, 4.69) is 10.5 Å². The van der Waals surface area contributed by atoms with E-state index in [0.29, 0.717) is 5.84 Å². The normalized spacial score (nSPS) is 12.1. The molecule has 0 saturated carbocycles. The van der Waals surface area contributed by atoms with Gasteiger partial charge in [-0.25, -0.2) is 9.98 Å². The van der Waals surface area contributed by atoms with E-state index in [1.54, 1.807) is 6.21 Å². The van der Waals surface area contributed by atoms with Crippen LogP contribution in [0.2, 0.25) is 0 Å². The third kappa shape index (κ3) is 5.02. The third-order valence-electron chi connectivity index (χ3n) is 4.26. The van der Waals surface area contributed by atoms with E-state index in [0.717, 1.165) is 27.8 Å². The van der Waals surface area contributed by atoms with E-state index in [1.807, 2.05) is 109 Å². The Balaban J connectivity index is 1.59. The molecule has 0 spiro atoms. The summed E-state index contributed by atoms with van der Waals surface area (Å²) >= 11 is 0. The summed E-state index contributed by atoms with van der Waals surface area (Å²) in [5, 5.41) is 5.39. The number of aliphatic imine (C=N–C) groups is 1. The van der Waals surface area contributed by atoms with Gasteiger partial charge in [0.1, 0.15) is 5.69 Å². The molecule has 0 unspecified atom stereocenters. The number of hydrogen-bond donors (Lipinski definition) is 1. The molecule has 0 bridgehead atoms. The van der Waals surface area contributed by atoms with Gasteiger partial charge in [0.25, 0.3) is 0 Å².